The molecule has 0 aliphatic rings. The second-order valence-electron chi connectivity index (χ2n) is 6.83. The molecule has 0 unspecified atom stereocenters. The average molecular weight is 446 g/mol. The fourth-order valence-corrected chi connectivity index (χ4v) is 3.96. The van der Waals surface area contributed by atoms with Crippen LogP contribution in [0.15, 0.2) is 59.9 Å². The van der Waals surface area contributed by atoms with E-state index in [0.717, 1.165) is 29.3 Å². The van der Waals surface area contributed by atoms with Gasteiger partial charge < -0.3 is 5.73 Å². The van der Waals surface area contributed by atoms with Gasteiger partial charge in [0.1, 0.15) is 5.82 Å². The van der Waals surface area contributed by atoms with Gasteiger partial charge in [-0.3, -0.25) is 4.98 Å². The Kier molecular flexibility index (Phi) is 5.27. The molecule has 154 valence electrons. The minimum Gasteiger partial charge on any atom is -0.322 e. The van der Waals surface area contributed by atoms with Crippen molar-refractivity contribution in [3.05, 3.63) is 77.1 Å². The Hall–Kier alpha value is -2.88. The zero-order valence-corrected chi connectivity index (χ0v) is 17.4. The zero-order valence-electron chi connectivity index (χ0n) is 15.8. The predicted octanol–water partition coefficient (Wildman–Crippen LogP) is 3.25. The van der Waals surface area contributed by atoms with Crippen molar-refractivity contribution in [2.45, 2.75) is 17.5 Å². The van der Waals surface area contributed by atoms with Gasteiger partial charge in [0.25, 0.3) is 0 Å². The van der Waals surface area contributed by atoms with Gasteiger partial charge in [-0.15, -0.1) is 0 Å². The van der Waals surface area contributed by atoms with Crippen LogP contribution in [0, 0.1) is 5.82 Å². The lowest BCUT2D eigenvalue weighted by atomic mass is 10.1. The minimum absolute atomic E-state index is 0.0375. The first kappa shape index (κ1) is 20.4. The molecule has 0 aliphatic heterocycles. The minimum atomic E-state index is -3.57. The van der Waals surface area contributed by atoms with Crippen molar-refractivity contribution in [1.82, 2.24) is 19.7 Å². The normalized spacial score (nSPS) is 12.9. The molecule has 0 aliphatic carbocycles. The van der Waals surface area contributed by atoms with Crippen LogP contribution in [0.5, 0.6) is 0 Å². The van der Waals surface area contributed by atoms with Gasteiger partial charge in [-0.2, -0.15) is 5.10 Å². The summed E-state index contributed by atoms with van der Waals surface area (Å²) in [5.74, 6) is -0.630. The van der Waals surface area contributed by atoms with Gasteiger partial charge in [0.2, 0.25) is 0 Å². The lowest BCUT2D eigenvalue weighted by molar-refractivity contribution is 0.563. The van der Waals surface area contributed by atoms with Crippen molar-refractivity contribution in [2.75, 3.05) is 6.26 Å². The monoisotopic (exact) mass is 445 g/mol. The van der Waals surface area contributed by atoms with E-state index < -0.39 is 21.7 Å². The number of benzene rings is 1. The van der Waals surface area contributed by atoms with Crippen LogP contribution in [-0.4, -0.2) is 34.4 Å². The molecule has 0 radical (unpaired) electrons. The predicted molar refractivity (Wildman–Crippen MR) is 112 cm³/mol. The van der Waals surface area contributed by atoms with E-state index in [1.807, 2.05) is 6.07 Å². The van der Waals surface area contributed by atoms with Crippen LogP contribution >= 0.6 is 11.6 Å². The quantitative estimate of drug-likeness (QED) is 0.505. The van der Waals surface area contributed by atoms with Crippen molar-refractivity contribution in [3.63, 3.8) is 0 Å². The average Bonchev–Trinajstić information content (AvgIpc) is 3.11. The summed E-state index contributed by atoms with van der Waals surface area (Å²) >= 11 is 6.05. The molecule has 4 rings (SSSR count). The maximum atomic E-state index is 14.3. The molecule has 0 bridgehead atoms. The first-order valence-corrected chi connectivity index (χ1v) is 11.2. The summed E-state index contributed by atoms with van der Waals surface area (Å²) in [5, 5.41) is 5.65. The Morgan fingerprint density at radius 3 is 2.80 bits per heavy atom. The summed E-state index contributed by atoms with van der Waals surface area (Å²) in [7, 11) is -3.57. The molecule has 4 aromatic rings. The largest absolute Gasteiger partial charge is 0.322 e. The molecule has 3 heterocycles. The highest BCUT2D eigenvalue weighted by Gasteiger charge is 2.20. The molecular weight excluding hydrogens is 429 g/mol. The number of fused-ring (bicyclic) bond motifs is 1. The Bertz CT molecular complexity index is 1360. The third-order valence-corrected chi connectivity index (χ3v) is 5.83. The third-order valence-electron chi connectivity index (χ3n) is 4.61. The second-order valence-corrected chi connectivity index (χ2v) is 9.23. The van der Waals surface area contributed by atoms with Crippen molar-refractivity contribution in [1.29, 1.82) is 0 Å². The van der Waals surface area contributed by atoms with E-state index in [1.54, 1.807) is 41.3 Å². The van der Waals surface area contributed by atoms with Crippen LogP contribution < -0.4 is 5.73 Å². The molecule has 2 N–H and O–H groups in total. The van der Waals surface area contributed by atoms with Gasteiger partial charge >= 0.3 is 0 Å². The van der Waals surface area contributed by atoms with E-state index in [1.165, 1.54) is 0 Å². The molecule has 0 spiro atoms. The highest BCUT2D eigenvalue weighted by Crippen LogP contribution is 2.26. The number of nitrogens with two attached hydrogens (primary N) is 1. The van der Waals surface area contributed by atoms with Gasteiger partial charge in [0, 0.05) is 29.3 Å². The molecule has 0 amide bonds. The maximum absolute atomic E-state index is 14.3. The van der Waals surface area contributed by atoms with Gasteiger partial charge in [-0.1, -0.05) is 11.6 Å². The highest BCUT2D eigenvalue weighted by molar-refractivity contribution is 7.90. The number of aromatic nitrogens is 4. The first-order chi connectivity index (χ1) is 14.2. The zero-order chi connectivity index (χ0) is 21.5. The van der Waals surface area contributed by atoms with E-state index in [9.17, 15) is 12.8 Å². The Balaban J connectivity index is 1.74. The number of hydrogen-bond donors (Lipinski definition) is 1. The second kappa shape index (κ2) is 7.75. The van der Waals surface area contributed by atoms with E-state index in [4.69, 9.17) is 17.3 Å². The number of hydrogen-bond acceptors (Lipinski definition) is 6. The topological polar surface area (TPSA) is 104 Å². The van der Waals surface area contributed by atoms with Gasteiger partial charge in [0.05, 0.1) is 34.8 Å². The molecule has 0 fully saturated rings. The van der Waals surface area contributed by atoms with E-state index in [-0.39, 0.29) is 17.1 Å². The highest BCUT2D eigenvalue weighted by atomic mass is 35.5. The molecule has 1 aromatic carbocycles. The summed E-state index contributed by atoms with van der Waals surface area (Å²) in [4.78, 5) is 8.33. The number of nitrogens with zero attached hydrogens (tertiary/aromatic N) is 4. The standard InChI is InChI=1S/C20H17ClFN5O2S/c1-30(28,29)19-7-5-14(22)16(26-19)10-15(23)20-18(3-2-8-24-20)27-17-6-4-13(21)9-12(17)11-25-27/h2-9,11,15H,10,23H2,1H3/t15-/m0/s1. The SMILES string of the molecule is CS(=O)(=O)c1ccc(F)c(C[C@H](N)c2ncccc2-n2ncc3cc(Cl)ccc32)n1. The van der Waals surface area contributed by atoms with Gasteiger partial charge in [-0.25, -0.2) is 22.5 Å². The Morgan fingerprint density at radius 1 is 1.23 bits per heavy atom. The maximum Gasteiger partial charge on any atom is 0.192 e. The molecule has 0 saturated carbocycles. The van der Waals surface area contributed by atoms with E-state index in [0.29, 0.717) is 16.4 Å². The lowest BCUT2D eigenvalue weighted by Gasteiger charge is -2.16. The first-order valence-electron chi connectivity index (χ1n) is 8.93. The summed E-state index contributed by atoms with van der Waals surface area (Å²) in [5.41, 5.74) is 8.22. The van der Waals surface area contributed by atoms with E-state index >= 15 is 0 Å². The van der Waals surface area contributed by atoms with Crippen LogP contribution in [-0.2, 0) is 16.3 Å². The molecule has 3 aromatic heterocycles. The van der Waals surface area contributed by atoms with Crippen molar-refractivity contribution < 1.29 is 12.8 Å². The molecular formula is C20H17ClFN5O2S. The fourth-order valence-electron chi connectivity index (χ4n) is 3.19. The smallest absolute Gasteiger partial charge is 0.192 e. The number of halogens is 2. The van der Waals surface area contributed by atoms with Crippen LogP contribution in [0.1, 0.15) is 17.4 Å². The number of sulfone groups is 1. The Morgan fingerprint density at radius 2 is 2.03 bits per heavy atom. The van der Waals surface area contributed by atoms with E-state index in [2.05, 4.69) is 15.1 Å². The number of rotatable bonds is 5. The Labute approximate surface area is 177 Å². The lowest BCUT2D eigenvalue weighted by Crippen LogP contribution is -2.20. The van der Waals surface area contributed by atoms with Crippen LogP contribution in [0.2, 0.25) is 5.02 Å². The summed E-state index contributed by atoms with van der Waals surface area (Å²) in [6, 6.07) is 10.4. The molecule has 1 atom stereocenters. The van der Waals surface area contributed by atoms with Crippen molar-refractivity contribution >= 4 is 32.3 Å². The summed E-state index contributed by atoms with van der Waals surface area (Å²) < 4.78 is 39.5. The molecule has 30 heavy (non-hydrogen) atoms. The molecule has 7 nitrogen and oxygen atoms in total. The van der Waals surface area contributed by atoms with Crippen LogP contribution in [0.4, 0.5) is 4.39 Å². The summed E-state index contributed by atoms with van der Waals surface area (Å²) in [6.07, 6.45) is 4.24. The van der Waals surface area contributed by atoms with Crippen LogP contribution in [0.25, 0.3) is 16.6 Å². The van der Waals surface area contributed by atoms with Crippen molar-refractivity contribution in [3.8, 4) is 5.69 Å². The van der Waals surface area contributed by atoms with Crippen molar-refractivity contribution in [2.24, 2.45) is 5.73 Å². The third kappa shape index (κ3) is 3.91. The molecule has 10 heteroatoms. The van der Waals surface area contributed by atoms with Gasteiger partial charge in [0.15, 0.2) is 14.9 Å². The number of pyridine rings is 2. The van der Waals surface area contributed by atoms with Gasteiger partial charge in [-0.05, 0) is 42.5 Å². The van der Waals surface area contributed by atoms with Crippen LogP contribution in [0.3, 0.4) is 0 Å². The fraction of sp³-hybridized carbons (Fsp3) is 0.150. The molecule has 0 saturated heterocycles. The summed E-state index contributed by atoms with van der Waals surface area (Å²) in [6.45, 7) is 0.